The lowest BCUT2D eigenvalue weighted by atomic mass is 10.1. The highest BCUT2D eigenvalue weighted by Crippen LogP contribution is 2.15. The molecule has 4 nitrogen and oxygen atoms in total. The fourth-order valence-corrected chi connectivity index (χ4v) is 3.00. The van der Waals surface area contributed by atoms with Crippen molar-refractivity contribution in [2.75, 3.05) is 31.1 Å². The predicted octanol–water partition coefficient (Wildman–Crippen LogP) is 0.624. The summed E-state index contributed by atoms with van der Waals surface area (Å²) in [6.07, 6.45) is 4.75. The number of nitrogens with zero attached hydrogens (tertiary/aromatic N) is 1. The first-order chi connectivity index (χ1) is 7.59. The number of rotatable bonds is 5. The molecule has 16 heavy (non-hydrogen) atoms. The van der Waals surface area contributed by atoms with Crippen LogP contribution in [0, 0.1) is 0 Å². The third kappa shape index (κ3) is 4.39. The summed E-state index contributed by atoms with van der Waals surface area (Å²) in [6, 6.07) is 0.384. The molecule has 0 radical (unpaired) electrons. The smallest absolute Gasteiger partial charge is 0.151 e. The van der Waals surface area contributed by atoms with Crippen LogP contribution in [0.3, 0.4) is 0 Å². The van der Waals surface area contributed by atoms with E-state index in [1.165, 1.54) is 19.3 Å². The monoisotopic (exact) mass is 248 g/mol. The van der Waals surface area contributed by atoms with Gasteiger partial charge in [-0.15, -0.1) is 0 Å². The Labute approximate surface area is 99.1 Å². The minimum atomic E-state index is -2.84. The van der Waals surface area contributed by atoms with Crippen LogP contribution in [0.15, 0.2) is 0 Å². The molecule has 5 heteroatoms. The van der Waals surface area contributed by atoms with Crippen molar-refractivity contribution < 1.29 is 8.42 Å². The SMILES string of the molecule is CCS(=O)(=O)CCN1CCCCCC1CN. The maximum atomic E-state index is 11.5. The fourth-order valence-electron chi connectivity index (χ4n) is 2.20. The lowest BCUT2D eigenvalue weighted by Gasteiger charge is -2.28. The Morgan fingerprint density at radius 3 is 2.69 bits per heavy atom. The average Bonchev–Trinajstić information content (AvgIpc) is 2.51. The van der Waals surface area contributed by atoms with Gasteiger partial charge in [0.15, 0.2) is 9.84 Å². The second kappa shape index (κ2) is 6.57. The Hall–Kier alpha value is -0.130. The highest BCUT2D eigenvalue weighted by Gasteiger charge is 2.21. The minimum Gasteiger partial charge on any atom is -0.329 e. The van der Waals surface area contributed by atoms with Crippen LogP contribution in [0.1, 0.15) is 32.6 Å². The molecule has 1 heterocycles. The molecular formula is C11H24N2O2S. The lowest BCUT2D eigenvalue weighted by Crippen LogP contribution is -2.42. The molecule has 1 rings (SSSR count). The summed E-state index contributed by atoms with van der Waals surface area (Å²) in [6.45, 7) is 4.00. The van der Waals surface area contributed by atoms with Gasteiger partial charge in [0, 0.05) is 24.9 Å². The second-order valence-corrected chi connectivity index (χ2v) is 6.98. The van der Waals surface area contributed by atoms with Crippen molar-refractivity contribution in [1.29, 1.82) is 0 Å². The Morgan fingerprint density at radius 1 is 1.31 bits per heavy atom. The van der Waals surface area contributed by atoms with Gasteiger partial charge in [-0.1, -0.05) is 19.8 Å². The van der Waals surface area contributed by atoms with E-state index in [4.69, 9.17) is 5.73 Å². The molecule has 0 aromatic heterocycles. The van der Waals surface area contributed by atoms with E-state index < -0.39 is 9.84 Å². The van der Waals surface area contributed by atoms with E-state index in [-0.39, 0.29) is 11.5 Å². The number of likely N-dealkylation sites (tertiary alicyclic amines) is 1. The van der Waals surface area contributed by atoms with E-state index in [9.17, 15) is 8.42 Å². The van der Waals surface area contributed by atoms with Gasteiger partial charge in [0.1, 0.15) is 0 Å². The van der Waals surface area contributed by atoms with Crippen molar-refractivity contribution in [3.8, 4) is 0 Å². The van der Waals surface area contributed by atoms with E-state index in [0.717, 1.165) is 13.0 Å². The maximum absolute atomic E-state index is 11.5. The molecule has 1 aliphatic rings. The van der Waals surface area contributed by atoms with Crippen molar-refractivity contribution in [3.63, 3.8) is 0 Å². The summed E-state index contributed by atoms with van der Waals surface area (Å²) in [5.74, 6) is 0.522. The Morgan fingerprint density at radius 2 is 2.06 bits per heavy atom. The van der Waals surface area contributed by atoms with Crippen LogP contribution in [0.4, 0.5) is 0 Å². The summed E-state index contributed by atoms with van der Waals surface area (Å²) >= 11 is 0. The standard InChI is InChI=1S/C11H24N2O2S/c1-2-16(14,15)9-8-13-7-5-3-4-6-11(13)10-12/h11H,2-10,12H2,1H3. The molecule has 0 spiro atoms. The summed E-state index contributed by atoms with van der Waals surface area (Å²) < 4.78 is 22.9. The van der Waals surface area contributed by atoms with Crippen molar-refractivity contribution >= 4 is 9.84 Å². The van der Waals surface area contributed by atoms with Crippen LogP contribution in [0.2, 0.25) is 0 Å². The van der Waals surface area contributed by atoms with Gasteiger partial charge < -0.3 is 5.73 Å². The summed E-state index contributed by atoms with van der Waals surface area (Å²) in [4.78, 5) is 2.26. The van der Waals surface area contributed by atoms with Crippen molar-refractivity contribution in [1.82, 2.24) is 4.90 Å². The molecule has 0 aromatic carbocycles. The molecule has 0 aromatic rings. The fraction of sp³-hybridized carbons (Fsp3) is 1.00. The first-order valence-corrected chi connectivity index (χ1v) is 8.05. The normalized spacial score (nSPS) is 24.2. The molecule has 0 aliphatic carbocycles. The molecule has 1 fully saturated rings. The highest BCUT2D eigenvalue weighted by atomic mass is 32.2. The molecule has 1 saturated heterocycles. The maximum Gasteiger partial charge on any atom is 0.151 e. The van der Waals surface area contributed by atoms with E-state index in [0.29, 0.717) is 19.1 Å². The van der Waals surface area contributed by atoms with Gasteiger partial charge in [-0.05, 0) is 19.4 Å². The third-order valence-corrected chi connectivity index (χ3v) is 5.08. The Kier molecular flexibility index (Phi) is 5.72. The number of hydrogen-bond donors (Lipinski definition) is 1. The largest absolute Gasteiger partial charge is 0.329 e. The molecule has 2 N–H and O–H groups in total. The minimum absolute atomic E-state index is 0.244. The van der Waals surface area contributed by atoms with Crippen molar-refractivity contribution in [2.24, 2.45) is 5.73 Å². The van der Waals surface area contributed by atoms with E-state index >= 15 is 0 Å². The van der Waals surface area contributed by atoms with Gasteiger partial charge >= 0.3 is 0 Å². The van der Waals surface area contributed by atoms with E-state index in [2.05, 4.69) is 4.90 Å². The number of nitrogens with two attached hydrogens (primary N) is 1. The second-order valence-electron chi connectivity index (χ2n) is 4.51. The molecule has 1 unspecified atom stereocenters. The predicted molar refractivity (Wildman–Crippen MR) is 67.2 cm³/mol. The van der Waals surface area contributed by atoms with Crippen LogP contribution >= 0.6 is 0 Å². The van der Waals surface area contributed by atoms with Gasteiger partial charge in [-0.2, -0.15) is 0 Å². The topological polar surface area (TPSA) is 63.4 Å². The Balaban J connectivity index is 2.49. The molecule has 96 valence electrons. The molecule has 1 atom stereocenters. The van der Waals surface area contributed by atoms with Crippen molar-refractivity contribution in [2.45, 2.75) is 38.6 Å². The van der Waals surface area contributed by atoms with Gasteiger partial charge in [0.05, 0.1) is 5.75 Å². The van der Waals surface area contributed by atoms with Gasteiger partial charge in [-0.25, -0.2) is 8.42 Å². The zero-order valence-corrected chi connectivity index (χ0v) is 11.0. The zero-order valence-electron chi connectivity index (χ0n) is 10.2. The Bertz CT molecular complexity index is 290. The first-order valence-electron chi connectivity index (χ1n) is 6.23. The highest BCUT2D eigenvalue weighted by molar-refractivity contribution is 7.91. The summed E-state index contributed by atoms with van der Waals surface area (Å²) in [5, 5.41) is 0. The summed E-state index contributed by atoms with van der Waals surface area (Å²) in [7, 11) is -2.84. The zero-order chi connectivity index (χ0) is 12.0. The van der Waals surface area contributed by atoms with Crippen LogP contribution in [-0.4, -0.2) is 50.5 Å². The van der Waals surface area contributed by atoms with E-state index in [1.807, 2.05) is 0 Å². The lowest BCUT2D eigenvalue weighted by molar-refractivity contribution is 0.216. The third-order valence-electron chi connectivity index (χ3n) is 3.40. The quantitative estimate of drug-likeness (QED) is 0.775. The molecule has 0 amide bonds. The summed E-state index contributed by atoms with van der Waals surface area (Å²) in [5.41, 5.74) is 5.74. The van der Waals surface area contributed by atoms with Crippen LogP contribution in [0.25, 0.3) is 0 Å². The van der Waals surface area contributed by atoms with Gasteiger partial charge in [0.25, 0.3) is 0 Å². The van der Waals surface area contributed by atoms with Crippen LogP contribution in [0.5, 0.6) is 0 Å². The average molecular weight is 248 g/mol. The number of sulfone groups is 1. The van der Waals surface area contributed by atoms with Crippen LogP contribution in [-0.2, 0) is 9.84 Å². The van der Waals surface area contributed by atoms with Gasteiger partial charge in [-0.3, -0.25) is 4.90 Å². The van der Waals surface area contributed by atoms with E-state index in [1.54, 1.807) is 6.92 Å². The molecular weight excluding hydrogens is 224 g/mol. The molecule has 0 saturated carbocycles. The molecule has 1 aliphatic heterocycles. The van der Waals surface area contributed by atoms with Gasteiger partial charge in [0.2, 0.25) is 0 Å². The first kappa shape index (κ1) is 13.9. The number of hydrogen-bond acceptors (Lipinski definition) is 4. The van der Waals surface area contributed by atoms with Crippen molar-refractivity contribution in [3.05, 3.63) is 0 Å². The molecule has 0 bridgehead atoms. The van der Waals surface area contributed by atoms with Crippen LogP contribution < -0.4 is 5.73 Å².